The monoisotopic (exact) mass is 337 g/mol. The SMILES string of the molecule is CCOC(=O)c1ccc(C(=O)O[C@@H](CC(C)C)C(=O)OC)nc1C. The van der Waals surface area contributed by atoms with Crippen molar-refractivity contribution in [3.05, 3.63) is 29.1 Å². The van der Waals surface area contributed by atoms with E-state index in [1.807, 2.05) is 13.8 Å². The Labute approximate surface area is 141 Å². The Balaban J connectivity index is 2.92. The second kappa shape index (κ2) is 9.00. The maximum Gasteiger partial charge on any atom is 0.357 e. The van der Waals surface area contributed by atoms with Crippen LogP contribution in [0.25, 0.3) is 0 Å². The summed E-state index contributed by atoms with van der Waals surface area (Å²) in [7, 11) is 1.24. The van der Waals surface area contributed by atoms with Crippen molar-refractivity contribution in [2.75, 3.05) is 13.7 Å². The van der Waals surface area contributed by atoms with E-state index in [1.54, 1.807) is 13.8 Å². The van der Waals surface area contributed by atoms with E-state index in [1.165, 1.54) is 19.2 Å². The molecule has 0 bridgehead atoms. The van der Waals surface area contributed by atoms with E-state index in [-0.39, 0.29) is 23.8 Å². The van der Waals surface area contributed by atoms with Gasteiger partial charge in [-0.25, -0.2) is 19.4 Å². The van der Waals surface area contributed by atoms with Crippen LogP contribution < -0.4 is 0 Å². The number of aryl methyl sites for hydroxylation is 1. The molecule has 0 radical (unpaired) electrons. The number of nitrogens with zero attached hydrogens (tertiary/aromatic N) is 1. The first-order valence-electron chi connectivity index (χ1n) is 7.73. The largest absolute Gasteiger partial charge is 0.466 e. The minimum absolute atomic E-state index is 0.0122. The predicted octanol–water partition coefficient (Wildman–Crippen LogP) is 2.31. The summed E-state index contributed by atoms with van der Waals surface area (Å²) in [4.78, 5) is 39.7. The van der Waals surface area contributed by atoms with Crippen LogP contribution in [0.5, 0.6) is 0 Å². The lowest BCUT2D eigenvalue weighted by Crippen LogP contribution is -2.30. The number of hydrogen-bond donors (Lipinski definition) is 0. The average molecular weight is 337 g/mol. The van der Waals surface area contributed by atoms with Crippen LogP contribution in [0.1, 0.15) is 53.7 Å². The second-order valence-corrected chi connectivity index (χ2v) is 5.60. The summed E-state index contributed by atoms with van der Waals surface area (Å²) in [6.07, 6.45) is -0.646. The fourth-order valence-corrected chi connectivity index (χ4v) is 2.04. The molecule has 0 aliphatic carbocycles. The molecule has 7 nitrogen and oxygen atoms in total. The Hall–Kier alpha value is -2.44. The van der Waals surface area contributed by atoms with Crippen molar-refractivity contribution in [2.45, 2.75) is 40.2 Å². The topological polar surface area (TPSA) is 91.8 Å². The van der Waals surface area contributed by atoms with Crippen LogP contribution in [0.3, 0.4) is 0 Å². The highest BCUT2D eigenvalue weighted by Crippen LogP contribution is 2.14. The molecule has 1 aromatic heterocycles. The molecule has 0 aliphatic rings. The molecule has 1 rings (SSSR count). The normalized spacial score (nSPS) is 11.8. The Kier molecular flexibility index (Phi) is 7.35. The van der Waals surface area contributed by atoms with Crippen LogP contribution in [0.4, 0.5) is 0 Å². The molecule has 0 aromatic carbocycles. The average Bonchev–Trinajstić information content (AvgIpc) is 2.52. The van der Waals surface area contributed by atoms with Gasteiger partial charge in [-0.05, 0) is 38.3 Å². The summed E-state index contributed by atoms with van der Waals surface area (Å²) < 4.78 is 14.8. The highest BCUT2D eigenvalue weighted by molar-refractivity contribution is 5.93. The number of carbonyl (C=O) groups excluding carboxylic acids is 3. The summed E-state index contributed by atoms with van der Waals surface area (Å²) in [6.45, 7) is 7.35. The van der Waals surface area contributed by atoms with E-state index in [2.05, 4.69) is 9.72 Å². The predicted molar refractivity (Wildman–Crippen MR) is 85.6 cm³/mol. The first-order valence-corrected chi connectivity index (χ1v) is 7.73. The van der Waals surface area contributed by atoms with Gasteiger partial charge < -0.3 is 14.2 Å². The van der Waals surface area contributed by atoms with Gasteiger partial charge in [-0.3, -0.25) is 0 Å². The fourth-order valence-electron chi connectivity index (χ4n) is 2.04. The summed E-state index contributed by atoms with van der Waals surface area (Å²) in [5, 5.41) is 0. The van der Waals surface area contributed by atoms with Crippen molar-refractivity contribution in [2.24, 2.45) is 5.92 Å². The number of methoxy groups -OCH3 is 1. The molecule has 1 atom stereocenters. The Morgan fingerprint density at radius 3 is 2.33 bits per heavy atom. The first kappa shape index (κ1) is 19.6. The molecule has 1 heterocycles. The molecule has 0 spiro atoms. The lowest BCUT2D eigenvalue weighted by Gasteiger charge is -2.17. The molecule has 0 fully saturated rings. The summed E-state index contributed by atoms with van der Waals surface area (Å²) in [6, 6.07) is 2.82. The fraction of sp³-hybridized carbons (Fsp3) is 0.529. The number of rotatable bonds is 7. The number of carbonyl (C=O) groups is 3. The molecule has 0 amide bonds. The minimum atomic E-state index is -0.991. The Bertz CT molecular complexity index is 611. The quantitative estimate of drug-likeness (QED) is 0.557. The van der Waals surface area contributed by atoms with Gasteiger partial charge in [0.1, 0.15) is 5.69 Å². The Morgan fingerprint density at radius 2 is 1.83 bits per heavy atom. The van der Waals surface area contributed by atoms with Gasteiger partial charge in [-0.15, -0.1) is 0 Å². The van der Waals surface area contributed by atoms with E-state index < -0.39 is 24.0 Å². The van der Waals surface area contributed by atoms with Gasteiger partial charge in [0, 0.05) is 0 Å². The zero-order valence-corrected chi connectivity index (χ0v) is 14.6. The molecular weight excluding hydrogens is 314 g/mol. The van der Waals surface area contributed by atoms with Crippen molar-refractivity contribution in [3.63, 3.8) is 0 Å². The number of aromatic nitrogens is 1. The third-order valence-corrected chi connectivity index (χ3v) is 3.19. The van der Waals surface area contributed by atoms with Crippen LogP contribution in [0.15, 0.2) is 12.1 Å². The van der Waals surface area contributed by atoms with E-state index in [4.69, 9.17) is 9.47 Å². The molecule has 24 heavy (non-hydrogen) atoms. The van der Waals surface area contributed by atoms with E-state index in [0.717, 1.165) is 0 Å². The second-order valence-electron chi connectivity index (χ2n) is 5.60. The smallest absolute Gasteiger partial charge is 0.357 e. The number of pyridine rings is 1. The molecule has 7 heteroatoms. The highest BCUT2D eigenvalue weighted by Gasteiger charge is 2.26. The lowest BCUT2D eigenvalue weighted by atomic mass is 10.1. The number of ether oxygens (including phenoxy) is 3. The van der Waals surface area contributed by atoms with Gasteiger partial charge in [0.25, 0.3) is 0 Å². The van der Waals surface area contributed by atoms with E-state index in [0.29, 0.717) is 12.1 Å². The summed E-state index contributed by atoms with van der Waals surface area (Å²) in [5.74, 6) is -1.72. The number of esters is 3. The van der Waals surface area contributed by atoms with Crippen LogP contribution >= 0.6 is 0 Å². The summed E-state index contributed by atoms with van der Waals surface area (Å²) >= 11 is 0. The zero-order valence-electron chi connectivity index (χ0n) is 14.6. The standard InChI is InChI=1S/C17H23NO6/c1-6-23-15(19)12-7-8-13(18-11(12)4)16(20)24-14(9-10(2)3)17(21)22-5/h7-8,10,14H,6,9H2,1-5H3/t14-/m0/s1. The maximum atomic E-state index is 12.2. The molecule has 1 aromatic rings. The minimum Gasteiger partial charge on any atom is -0.466 e. The van der Waals surface area contributed by atoms with Crippen LogP contribution in [-0.4, -0.2) is 42.7 Å². The van der Waals surface area contributed by atoms with E-state index >= 15 is 0 Å². The highest BCUT2D eigenvalue weighted by atomic mass is 16.6. The van der Waals surface area contributed by atoms with Crippen molar-refractivity contribution < 1.29 is 28.6 Å². The zero-order chi connectivity index (χ0) is 18.3. The first-order chi connectivity index (χ1) is 11.3. The van der Waals surface area contributed by atoms with Crippen LogP contribution in [-0.2, 0) is 19.0 Å². The molecule has 0 saturated heterocycles. The van der Waals surface area contributed by atoms with E-state index in [9.17, 15) is 14.4 Å². The van der Waals surface area contributed by atoms with Crippen molar-refractivity contribution in [1.29, 1.82) is 0 Å². The summed E-state index contributed by atoms with van der Waals surface area (Å²) in [5.41, 5.74) is 0.639. The van der Waals surface area contributed by atoms with Gasteiger partial charge in [0.2, 0.25) is 0 Å². The molecule has 0 unspecified atom stereocenters. The third kappa shape index (κ3) is 5.33. The molecule has 0 aliphatic heterocycles. The molecule has 0 saturated carbocycles. The van der Waals surface area contributed by atoms with Crippen LogP contribution in [0.2, 0.25) is 0 Å². The molecule has 0 N–H and O–H groups in total. The van der Waals surface area contributed by atoms with Gasteiger partial charge >= 0.3 is 17.9 Å². The third-order valence-electron chi connectivity index (χ3n) is 3.19. The maximum absolute atomic E-state index is 12.2. The van der Waals surface area contributed by atoms with Gasteiger partial charge in [-0.1, -0.05) is 13.8 Å². The van der Waals surface area contributed by atoms with Crippen LogP contribution in [0, 0.1) is 12.8 Å². The molecular formula is C17H23NO6. The van der Waals surface area contributed by atoms with Crippen molar-refractivity contribution >= 4 is 17.9 Å². The lowest BCUT2D eigenvalue weighted by molar-refractivity contribution is -0.151. The van der Waals surface area contributed by atoms with Gasteiger partial charge in [0.05, 0.1) is 25.0 Å². The van der Waals surface area contributed by atoms with Crippen molar-refractivity contribution in [3.8, 4) is 0 Å². The van der Waals surface area contributed by atoms with Gasteiger partial charge in [-0.2, -0.15) is 0 Å². The van der Waals surface area contributed by atoms with Crippen molar-refractivity contribution in [1.82, 2.24) is 4.98 Å². The van der Waals surface area contributed by atoms with Gasteiger partial charge in [0.15, 0.2) is 6.10 Å². The number of hydrogen-bond acceptors (Lipinski definition) is 7. The Morgan fingerprint density at radius 1 is 1.17 bits per heavy atom. The molecule has 132 valence electrons.